The summed E-state index contributed by atoms with van der Waals surface area (Å²) < 4.78 is 0. The normalized spacial score (nSPS) is 16.4. The molecule has 2 amide bonds. The molecule has 0 aromatic rings. The molecule has 19 heavy (non-hydrogen) atoms. The zero-order chi connectivity index (χ0) is 14.1. The molecule has 1 aliphatic rings. The first-order valence-electron chi connectivity index (χ1n) is 7.30. The van der Waals surface area contributed by atoms with Crippen LogP contribution >= 0.6 is 11.6 Å². The van der Waals surface area contributed by atoms with Crippen LogP contribution in [0.2, 0.25) is 0 Å². The van der Waals surface area contributed by atoms with Gasteiger partial charge in [-0.15, -0.1) is 11.6 Å². The first-order valence-corrected chi connectivity index (χ1v) is 7.84. The molecule has 1 fully saturated rings. The number of alkyl halides is 1. The quantitative estimate of drug-likeness (QED) is 0.576. The summed E-state index contributed by atoms with van der Waals surface area (Å²) in [6.07, 6.45) is 4.94. The highest BCUT2D eigenvalue weighted by Crippen LogP contribution is 2.18. The number of hydrogen-bond donors (Lipinski definition) is 1. The van der Waals surface area contributed by atoms with Crippen molar-refractivity contribution in [2.75, 3.05) is 25.5 Å². The topological polar surface area (TPSA) is 49.4 Å². The number of amides is 2. The Hall–Kier alpha value is -0.770. The van der Waals surface area contributed by atoms with E-state index in [0.29, 0.717) is 25.4 Å². The molecule has 1 rings (SSSR count). The van der Waals surface area contributed by atoms with E-state index in [1.165, 1.54) is 0 Å². The molecule has 0 unspecified atom stereocenters. The molecule has 1 saturated heterocycles. The van der Waals surface area contributed by atoms with E-state index in [-0.39, 0.29) is 17.7 Å². The number of rotatable bonds is 7. The van der Waals surface area contributed by atoms with Gasteiger partial charge in [-0.25, -0.2) is 0 Å². The molecule has 1 N–H and O–H groups in total. The summed E-state index contributed by atoms with van der Waals surface area (Å²) >= 11 is 5.59. The van der Waals surface area contributed by atoms with E-state index in [0.717, 1.165) is 38.6 Å². The standard InChI is InChI=1S/C14H25ClN2O2/c1-2-3-9-16-14(19)12-6-10-17(11-7-12)13(18)5-4-8-15/h12H,2-11H2,1H3,(H,16,19). The zero-order valence-corrected chi connectivity index (χ0v) is 12.5. The number of halogens is 1. The van der Waals surface area contributed by atoms with Crippen LogP contribution in [0.25, 0.3) is 0 Å². The molecule has 1 heterocycles. The lowest BCUT2D eigenvalue weighted by Gasteiger charge is -2.31. The molecule has 0 radical (unpaired) electrons. The fraction of sp³-hybridized carbons (Fsp3) is 0.857. The molecule has 110 valence electrons. The predicted molar refractivity (Wildman–Crippen MR) is 77.2 cm³/mol. The Morgan fingerprint density at radius 3 is 2.53 bits per heavy atom. The van der Waals surface area contributed by atoms with Gasteiger partial charge < -0.3 is 10.2 Å². The Balaban J connectivity index is 2.24. The fourth-order valence-corrected chi connectivity index (χ4v) is 2.43. The molecular formula is C14H25ClN2O2. The van der Waals surface area contributed by atoms with Crippen LogP contribution in [0.1, 0.15) is 45.4 Å². The third-order valence-electron chi connectivity index (χ3n) is 3.57. The van der Waals surface area contributed by atoms with Gasteiger partial charge in [-0.3, -0.25) is 9.59 Å². The maximum Gasteiger partial charge on any atom is 0.223 e. The van der Waals surface area contributed by atoms with Gasteiger partial charge in [0.15, 0.2) is 0 Å². The maximum atomic E-state index is 11.9. The van der Waals surface area contributed by atoms with Crippen LogP contribution in [0.15, 0.2) is 0 Å². The van der Waals surface area contributed by atoms with Crippen LogP contribution in [0.3, 0.4) is 0 Å². The lowest BCUT2D eigenvalue weighted by atomic mass is 9.95. The summed E-state index contributed by atoms with van der Waals surface area (Å²) in [5, 5.41) is 2.97. The SMILES string of the molecule is CCCCNC(=O)C1CCN(C(=O)CCCCl)CC1. The van der Waals surface area contributed by atoms with E-state index in [9.17, 15) is 9.59 Å². The Morgan fingerprint density at radius 1 is 1.26 bits per heavy atom. The number of piperidine rings is 1. The molecule has 5 heteroatoms. The van der Waals surface area contributed by atoms with Gasteiger partial charge in [0.05, 0.1) is 0 Å². The van der Waals surface area contributed by atoms with Gasteiger partial charge in [0.2, 0.25) is 11.8 Å². The molecule has 1 aliphatic heterocycles. The van der Waals surface area contributed by atoms with Crippen molar-refractivity contribution in [2.45, 2.75) is 45.4 Å². The van der Waals surface area contributed by atoms with E-state index < -0.39 is 0 Å². The number of nitrogens with zero attached hydrogens (tertiary/aromatic N) is 1. The molecule has 0 atom stereocenters. The first-order chi connectivity index (χ1) is 9.19. The van der Waals surface area contributed by atoms with Crippen LogP contribution in [0, 0.1) is 5.92 Å². The van der Waals surface area contributed by atoms with Gasteiger partial charge >= 0.3 is 0 Å². The minimum atomic E-state index is 0.0777. The highest BCUT2D eigenvalue weighted by Gasteiger charge is 2.26. The third kappa shape index (κ3) is 5.81. The number of unbranched alkanes of at least 4 members (excludes halogenated alkanes) is 1. The van der Waals surface area contributed by atoms with Gasteiger partial charge in [0.25, 0.3) is 0 Å². The monoisotopic (exact) mass is 288 g/mol. The minimum absolute atomic E-state index is 0.0777. The van der Waals surface area contributed by atoms with Gasteiger partial charge in [-0.1, -0.05) is 13.3 Å². The van der Waals surface area contributed by atoms with Crippen LogP contribution in [0.4, 0.5) is 0 Å². The summed E-state index contributed by atoms with van der Waals surface area (Å²) in [5.41, 5.74) is 0. The second kappa shape index (κ2) is 9.18. The van der Waals surface area contributed by atoms with Gasteiger partial charge in [-0.05, 0) is 25.7 Å². The van der Waals surface area contributed by atoms with Crippen molar-refractivity contribution in [2.24, 2.45) is 5.92 Å². The average Bonchev–Trinajstić information content (AvgIpc) is 2.45. The third-order valence-corrected chi connectivity index (χ3v) is 3.84. The van der Waals surface area contributed by atoms with Gasteiger partial charge in [0.1, 0.15) is 0 Å². The number of carbonyl (C=O) groups excluding carboxylic acids is 2. The van der Waals surface area contributed by atoms with E-state index in [4.69, 9.17) is 11.6 Å². The van der Waals surface area contributed by atoms with E-state index in [2.05, 4.69) is 12.2 Å². The number of carbonyl (C=O) groups is 2. The summed E-state index contributed by atoms with van der Waals surface area (Å²) in [4.78, 5) is 25.6. The molecule has 0 spiro atoms. The summed E-state index contributed by atoms with van der Waals surface area (Å²) in [6.45, 7) is 4.28. The van der Waals surface area contributed by atoms with Gasteiger partial charge in [0, 0.05) is 37.9 Å². The first kappa shape index (κ1) is 16.3. The average molecular weight is 289 g/mol. The Labute approximate surface area is 120 Å². The molecule has 0 saturated carbocycles. The van der Waals surface area contributed by atoms with Crippen molar-refractivity contribution >= 4 is 23.4 Å². The van der Waals surface area contributed by atoms with Crippen molar-refractivity contribution < 1.29 is 9.59 Å². The number of hydrogen-bond acceptors (Lipinski definition) is 2. The molecule has 4 nitrogen and oxygen atoms in total. The largest absolute Gasteiger partial charge is 0.356 e. The summed E-state index contributed by atoms with van der Waals surface area (Å²) in [5.74, 6) is 0.933. The molecule has 0 aliphatic carbocycles. The summed E-state index contributed by atoms with van der Waals surface area (Å²) in [6, 6.07) is 0. The van der Waals surface area contributed by atoms with Crippen molar-refractivity contribution in [3.8, 4) is 0 Å². The van der Waals surface area contributed by atoms with Crippen molar-refractivity contribution in [3.05, 3.63) is 0 Å². The predicted octanol–water partition coefficient (Wildman–Crippen LogP) is 2.16. The lowest BCUT2D eigenvalue weighted by molar-refractivity contribution is -0.135. The smallest absolute Gasteiger partial charge is 0.223 e. The zero-order valence-electron chi connectivity index (χ0n) is 11.8. The molecule has 0 bridgehead atoms. The maximum absolute atomic E-state index is 11.9. The highest BCUT2D eigenvalue weighted by atomic mass is 35.5. The number of likely N-dealkylation sites (tertiary alicyclic amines) is 1. The molecular weight excluding hydrogens is 264 g/mol. The second-order valence-corrected chi connectivity index (χ2v) is 5.47. The van der Waals surface area contributed by atoms with Crippen LogP contribution < -0.4 is 5.32 Å². The van der Waals surface area contributed by atoms with Crippen molar-refractivity contribution in [3.63, 3.8) is 0 Å². The summed E-state index contributed by atoms with van der Waals surface area (Å²) in [7, 11) is 0. The Bertz CT molecular complexity index is 289. The van der Waals surface area contributed by atoms with Crippen LogP contribution in [-0.4, -0.2) is 42.2 Å². The Morgan fingerprint density at radius 2 is 1.95 bits per heavy atom. The fourth-order valence-electron chi connectivity index (χ4n) is 2.30. The van der Waals surface area contributed by atoms with Crippen molar-refractivity contribution in [1.29, 1.82) is 0 Å². The van der Waals surface area contributed by atoms with Crippen molar-refractivity contribution in [1.82, 2.24) is 10.2 Å². The lowest BCUT2D eigenvalue weighted by Crippen LogP contribution is -2.43. The van der Waals surface area contributed by atoms with E-state index >= 15 is 0 Å². The second-order valence-electron chi connectivity index (χ2n) is 5.09. The van der Waals surface area contributed by atoms with E-state index in [1.54, 1.807) is 0 Å². The van der Waals surface area contributed by atoms with E-state index in [1.807, 2.05) is 4.90 Å². The number of nitrogens with one attached hydrogen (secondary N) is 1. The Kier molecular flexibility index (Phi) is 7.87. The minimum Gasteiger partial charge on any atom is -0.356 e. The molecule has 0 aromatic heterocycles. The highest BCUT2D eigenvalue weighted by molar-refractivity contribution is 6.17. The van der Waals surface area contributed by atoms with Gasteiger partial charge in [-0.2, -0.15) is 0 Å². The van der Waals surface area contributed by atoms with Crippen LogP contribution in [0.5, 0.6) is 0 Å². The molecule has 0 aromatic carbocycles. The van der Waals surface area contributed by atoms with Crippen LogP contribution in [-0.2, 0) is 9.59 Å².